The number of phenols is 1. The molecule has 2 unspecified atom stereocenters. The van der Waals surface area contributed by atoms with Crippen molar-refractivity contribution in [3.8, 4) is 11.5 Å². The van der Waals surface area contributed by atoms with Crippen molar-refractivity contribution in [1.82, 2.24) is 25.4 Å². The Morgan fingerprint density at radius 1 is 0.853 bits per heavy atom. The van der Waals surface area contributed by atoms with Crippen molar-refractivity contribution in [2.75, 3.05) is 44.6 Å². The molecule has 6 aromatic rings. The summed E-state index contributed by atoms with van der Waals surface area (Å²) in [6, 6.07) is 36.8. The normalized spacial score (nSPS) is 17.3. The lowest BCUT2D eigenvalue weighted by molar-refractivity contribution is -0.0336. The van der Waals surface area contributed by atoms with Crippen molar-refractivity contribution >= 4 is 34.7 Å². The van der Waals surface area contributed by atoms with E-state index in [9.17, 15) is 29.4 Å². The largest absolute Gasteiger partial charge is 0.506 e. The summed E-state index contributed by atoms with van der Waals surface area (Å²) in [5, 5.41) is 30.8. The Morgan fingerprint density at radius 3 is 2.31 bits per heavy atom. The van der Waals surface area contributed by atoms with E-state index in [-0.39, 0.29) is 61.3 Å². The number of carbonyl (C=O) groups excluding carboxylic acids is 3. The SMILES string of the molecule is CC(C)N(CCOC(=O)c1ccc(COc2cccc([C@@H](NC(=O)OC3CN4CCC3CC4)c3ccccc3)c2)cc1)C(=O)Nc1ccc(CNCC(O)c2ccc(O)c3[nH]c(=O)ccc23)cc1. The van der Waals surface area contributed by atoms with Crippen LogP contribution in [-0.4, -0.2) is 94.6 Å². The lowest BCUT2D eigenvalue weighted by Gasteiger charge is -2.43. The monoisotopic (exact) mass is 922 g/mol. The fourth-order valence-electron chi connectivity index (χ4n) is 8.85. The molecule has 15 heteroatoms. The number of nitrogens with zero attached hydrogens (tertiary/aromatic N) is 2. The van der Waals surface area contributed by atoms with Crippen LogP contribution in [0.5, 0.6) is 11.5 Å². The van der Waals surface area contributed by atoms with Gasteiger partial charge in [0.2, 0.25) is 5.56 Å². The second kappa shape index (κ2) is 22.1. The zero-order chi connectivity index (χ0) is 47.6. The number of phenolic OH excluding ortho intramolecular Hbond substituents is 1. The molecule has 0 spiro atoms. The summed E-state index contributed by atoms with van der Waals surface area (Å²) in [7, 11) is 0. The summed E-state index contributed by atoms with van der Waals surface area (Å²) in [5.41, 5.74) is 5.00. The Hall–Kier alpha value is -7.20. The summed E-state index contributed by atoms with van der Waals surface area (Å²) in [5.74, 6) is 0.450. The van der Waals surface area contributed by atoms with Crippen LogP contribution in [0.2, 0.25) is 0 Å². The van der Waals surface area contributed by atoms with Crippen molar-refractivity contribution < 1.29 is 38.8 Å². The maximum atomic E-state index is 13.3. The van der Waals surface area contributed by atoms with E-state index in [1.165, 1.54) is 12.1 Å². The fraction of sp³-hybridized carbons (Fsp3) is 0.321. The average molecular weight is 923 g/mol. The number of rotatable bonds is 18. The third-order valence-corrected chi connectivity index (χ3v) is 12.6. The summed E-state index contributed by atoms with van der Waals surface area (Å²) in [6.07, 6.45) is 0.677. The van der Waals surface area contributed by atoms with Crippen LogP contribution in [-0.2, 0) is 22.6 Å². The van der Waals surface area contributed by atoms with Crippen molar-refractivity contribution in [3.63, 3.8) is 0 Å². The summed E-state index contributed by atoms with van der Waals surface area (Å²) < 4.78 is 17.7. The molecule has 0 saturated carbocycles. The van der Waals surface area contributed by atoms with E-state index in [0.717, 1.165) is 54.7 Å². The number of benzene rings is 5. The molecule has 0 radical (unpaired) electrons. The summed E-state index contributed by atoms with van der Waals surface area (Å²) in [4.78, 5) is 57.9. The van der Waals surface area contributed by atoms with E-state index < -0.39 is 24.2 Å². The van der Waals surface area contributed by atoms with Gasteiger partial charge in [0.05, 0.1) is 29.8 Å². The lowest BCUT2D eigenvalue weighted by Crippen LogP contribution is -2.52. The number of hydrogen-bond acceptors (Lipinski definition) is 11. The third-order valence-electron chi connectivity index (χ3n) is 12.6. The summed E-state index contributed by atoms with van der Waals surface area (Å²) >= 11 is 0. The first-order valence-corrected chi connectivity index (χ1v) is 23.1. The number of anilines is 1. The van der Waals surface area contributed by atoms with Gasteiger partial charge in [-0.1, -0.05) is 72.8 Å². The highest BCUT2D eigenvalue weighted by Gasteiger charge is 2.37. The number of aromatic amines is 1. The van der Waals surface area contributed by atoms with Gasteiger partial charge in [0, 0.05) is 42.8 Å². The highest BCUT2D eigenvalue weighted by atomic mass is 16.6. The highest BCUT2D eigenvalue weighted by molar-refractivity contribution is 5.90. The van der Waals surface area contributed by atoms with Crippen LogP contribution in [0, 0.1) is 5.92 Å². The molecule has 4 heterocycles. The number of aromatic nitrogens is 1. The average Bonchev–Trinajstić information content (AvgIpc) is 3.35. The number of aliphatic hydroxyl groups excluding tert-OH is 1. The van der Waals surface area contributed by atoms with E-state index in [1.54, 1.807) is 41.3 Å². The van der Waals surface area contributed by atoms with E-state index in [0.29, 0.717) is 40.4 Å². The molecule has 3 saturated heterocycles. The Balaban J connectivity index is 0.777. The smallest absolute Gasteiger partial charge is 0.408 e. The molecule has 68 heavy (non-hydrogen) atoms. The molecule has 9 rings (SSSR count). The molecule has 3 aliphatic heterocycles. The predicted octanol–water partition coefficient (Wildman–Crippen LogP) is 7.65. The van der Waals surface area contributed by atoms with Gasteiger partial charge in [0.15, 0.2) is 0 Å². The Labute approximate surface area is 395 Å². The van der Waals surface area contributed by atoms with Crippen molar-refractivity contribution in [2.24, 2.45) is 5.92 Å². The lowest BCUT2D eigenvalue weighted by atomic mass is 9.86. The molecule has 3 amide bonds. The van der Waals surface area contributed by atoms with Crippen LogP contribution in [0.15, 0.2) is 132 Å². The number of piperidine rings is 3. The van der Waals surface area contributed by atoms with Gasteiger partial charge in [-0.2, -0.15) is 0 Å². The number of H-pyrrole nitrogens is 1. The maximum absolute atomic E-state index is 13.3. The van der Waals surface area contributed by atoms with E-state index >= 15 is 0 Å². The first-order chi connectivity index (χ1) is 33.0. The quantitative estimate of drug-likeness (QED) is 0.0464. The number of carbonyl (C=O) groups is 3. The van der Waals surface area contributed by atoms with Crippen LogP contribution >= 0.6 is 0 Å². The topological polar surface area (TPSA) is 195 Å². The minimum atomic E-state index is -0.893. The van der Waals surface area contributed by atoms with E-state index in [2.05, 4.69) is 25.8 Å². The molecule has 0 aliphatic carbocycles. The Morgan fingerprint density at radius 2 is 1.59 bits per heavy atom. The van der Waals surface area contributed by atoms with Gasteiger partial charge in [-0.3, -0.25) is 9.69 Å². The van der Waals surface area contributed by atoms with Crippen LogP contribution in [0.4, 0.5) is 15.3 Å². The van der Waals surface area contributed by atoms with Crippen LogP contribution < -0.4 is 26.2 Å². The fourth-order valence-corrected chi connectivity index (χ4v) is 8.85. The molecule has 15 nitrogen and oxygen atoms in total. The highest BCUT2D eigenvalue weighted by Crippen LogP contribution is 2.32. The minimum absolute atomic E-state index is 0.00374. The number of esters is 1. The van der Waals surface area contributed by atoms with Crippen LogP contribution in [0.3, 0.4) is 0 Å². The van der Waals surface area contributed by atoms with Crippen molar-refractivity contribution in [2.45, 2.75) is 64.1 Å². The van der Waals surface area contributed by atoms with Gasteiger partial charge in [-0.25, -0.2) is 14.4 Å². The molecule has 3 fully saturated rings. The third kappa shape index (κ3) is 12.0. The first-order valence-electron chi connectivity index (χ1n) is 23.1. The van der Waals surface area contributed by atoms with Gasteiger partial charge in [0.25, 0.3) is 0 Å². The molecule has 354 valence electrons. The van der Waals surface area contributed by atoms with Crippen LogP contribution in [0.25, 0.3) is 10.9 Å². The first kappa shape index (κ1) is 47.3. The second-order valence-electron chi connectivity index (χ2n) is 17.6. The minimum Gasteiger partial charge on any atom is -0.506 e. The van der Waals surface area contributed by atoms with Crippen molar-refractivity contribution in [1.29, 1.82) is 0 Å². The van der Waals surface area contributed by atoms with E-state index in [1.807, 2.05) is 92.7 Å². The molecule has 3 aliphatic rings. The number of fused-ring (bicyclic) bond motifs is 4. The number of urea groups is 1. The number of aromatic hydroxyl groups is 1. The molecular formula is C53H58N6O9. The maximum Gasteiger partial charge on any atom is 0.408 e. The Kier molecular flexibility index (Phi) is 15.3. The standard InChI is InChI=1S/C53H58N6O9/c1-34(2)59(52(64)55-41-17-13-35(14-18-41)30-54-31-46(61)43-19-21-45(60)50-44(43)20-22-48(62)56-50)27-28-66-51(63)39-15-11-36(12-16-39)33-67-42-10-6-9-40(29-42)49(38-7-4-3-5-8-38)57-53(65)68-47-32-58-25-23-37(47)24-26-58/h3-22,29,34,37,46-47,49,54,60-61H,23-28,30-33H2,1-2H3,(H,55,64)(H,56,62)(H,57,65)/t46?,47?,49-/m0/s1. The zero-order valence-electron chi connectivity index (χ0n) is 38.2. The second-order valence-corrected chi connectivity index (χ2v) is 17.6. The molecule has 6 N–H and O–H groups in total. The Bertz CT molecular complexity index is 2720. The summed E-state index contributed by atoms with van der Waals surface area (Å²) in [6.45, 7) is 7.78. The molecule has 2 bridgehead atoms. The predicted molar refractivity (Wildman–Crippen MR) is 259 cm³/mol. The van der Waals surface area contributed by atoms with Gasteiger partial charge in [-0.05, 0) is 122 Å². The van der Waals surface area contributed by atoms with Gasteiger partial charge >= 0.3 is 18.1 Å². The molecular weight excluding hydrogens is 865 g/mol. The van der Waals surface area contributed by atoms with Gasteiger partial charge in [0.1, 0.15) is 30.8 Å². The number of hydrogen-bond donors (Lipinski definition) is 6. The van der Waals surface area contributed by atoms with Crippen LogP contribution in [0.1, 0.15) is 77.0 Å². The number of amides is 3. The van der Waals surface area contributed by atoms with Crippen molar-refractivity contribution in [3.05, 3.63) is 171 Å². The molecule has 1 aromatic heterocycles. The van der Waals surface area contributed by atoms with Gasteiger partial charge in [-0.15, -0.1) is 0 Å². The molecule has 5 aromatic carbocycles. The van der Waals surface area contributed by atoms with E-state index in [4.69, 9.17) is 14.2 Å². The number of nitrogens with one attached hydrogen (secondary N) is 4. The number of alkyl carbamates (subject to hydrolysis) is 1. The number of ether oxygens (including phenoxy) is 3. The number of pyridine rings is 1. The molecule has 3 atom stereocenters. The number of aliphatic hydroxyl groups is 1. The van der Waals surface area contributed by atoms with Gasteiger partial charge < -0.3 is 50.3 Å². The zero-order valence-corrected chi connectivity index (χ0v) is 38.2.